The number of nitrogens with one attached hydrogen (secondary N) is 1. The van der Waals surface area contributed by atoms with Crippen molar-refractivity contribution in [3.8, 4) is 0 Å². The molecule has 6 heteroatoms. The average Bonchev–Trinajstić information content (AvgIpc) is 2.94. The van der Waals surface area contributed by atoms with E-state index in [-0.39, 0.29) is 17.8 Å². The predicted molar refractivity (Wildman–Crippen MR) is 79.6 cm³/mol. The van der Waals surface area contributed by atoms with E-state index in [1.54, 1.807) is 18.3 Å². The summed E-state index contributed by atoms with van der Waals surface area (Å²) < 4.78 is 14.8. The van der Waals surface area contributed by atoms with Gasteiger partial charge in [0.1, 0.15) is 5.82 Å². The van der Waals surface area contributed by atoms with E-state index < -0.39 is 0 Å². The zero-order valence-corrected chi connectivity index (χ0v) is 12.3. The monoisotopic (exact) mass is 305 g/mol. The van der Waals surface area contributed by atoms with Crippen LogP contribution in [-0.4, -0.2) is 27.5 Å². The highest BCUT2D eigenvalue weighted by Crippen LogP contribution is 2.18. The van der Waals surface area contributed by atoms with Gasteiger partial charge in [-0.05, 0) is 36.8 Å². The van der Waals surface area contributed by atoms with Crippen LogP contribution in [0.1, 0.15) is 12.1 Å². The summed E-state index contributed by atoms with van der Waals surface area (Å²) in [6, 6.07) is 8.35. The molecule has 0 saturated heterocycles. The molecule has 0 saturated carbocycles. The van der Waals surface area contributed by atoms with E-state index >= 15 is 0 Å². The maximum absolute atomic E-state index is 12.8. The first-order valence-corrected chi connectivity index (χ1v) is 7.88. The largest absolute Gasteiger partial charge is 0.352 e. The molecule has 21 heavy (non-hydrogen) atoms. The molecule has 3 rings (SSSR count). The van der Waals surface area contributed by atoms with Gasteiger partial charge < -0.3 is 5.32 Å². The van der Waals surface area contributed by atoms with E-state index in [4.69, 9.17) is 0 Å². The van der Waals surface area contributed by atoms with E-state index in [0.29, 0.717) is 5.75 Å². The Bertz CT molecular complexity index is 626. The van der Waals surface area contributed by atoms with Gasteiger partial charge in [-0.15, -0.1) is 11.8 Å². The van der Waals surface area contributed by atoms with Gasteiger partial charge in [-0.1, -0.05) is 0 Å². The summed E-state index contributed by atoms with van der Waals surface area (Å²) in [6.07, 6.45) is 3.53. The smallest absolute Gasteiger partial charge is 0.230 e. The fraction of sp³-hybridized carbons (Fsp3) is 0.333. The number of hydrogen-bond acceptors (Lipinski definition) is 3. The second-order valence-corrected chi connectivity index (χ2v) is 6.09. The third-order valence-electron chi connectivity index (χ3n) is 3.50. The van der Waals surface area contributed by atoms with Crippen molar-refractivity contribution in [1.82, 2.24) is 15.1 Å². The molecule has 0 unspecified atom stereocenters. The van der Waals surface area contributed by atoms with Crippen molar-refractivity contribution >= 4 is 17.7 Å². The van der Waals surface area contributed by atoms with Gasteiger partial charge in [0.15, 0.2) is 0 Å². The van der Waals surface area contributed by atoms with Crippen LogP contribution in [0.2, 0.25) is 0 Å². The second kappa shape index (κ2) is 6.30. The summed E-state index contributed by atoms with van der Waals surface area (Å²) in [5, 5.41) is 7.28. The standard InChI is InChI=1S/C15H16FN3OS/c16-11-1-3-14(4-2-11)21-10-15(20)18-12-6-8-19-13(9-12)5-7-17-19/h1-5,7,12H,6,8-10H2,(H,18,20)/t12-/m1/s1. The van der Waals surface area contributed by atoms with Crippen LogP contribution < -0.4 is 5.32 Å². The first-order chi connectivity index (χ1) is 10.2. The quantitative estimate of drug-likeness (QED) is 0.881. The highest BCUT2D eigenvalue weighted by molar-refractivity contribution is 8.00. The lowest BCUT2D eigenvalue weighted by atomic mass is 10.0. The van der Waals surface area contributed by atoms with Crippen LogP contribution in [0.5, 0.6) is 0 Å². The minimum atomic E-state index is -0.261. The normalized spacial score (nSPS) is 17.3. The molecule has 1 atom stereocenters. The molecule has 0 spiro atoms. The molecule has 0 bridgehead atoms. The van der Waals surface area contributed by atoms with Crippen LogP contribution in [0.4, 0.5) is 4.39 Å². The van der Waals surface area contributed by atoms with E-state index in [0.717, 1.165) is 30.0 Å². The summed E-state index contributed by atoms with van der Waals surface area (Å²) >= 11 is 1.42. The number of hydrogen-bond donors (Lipinski definition) is 1. The fourth-order valence-electron chi connectivity index (χ4n) is 2.44. The minimum absolute atomic E-state index is 0.0160. The SMILES string of the molecule is O=C(CSc1ccc(F)cc1)N[C@@H]1CCn2nccc2C1. The van der Waals surface area contributed by atoms with Crippen molar-refractivity contribution in [2.24, 2.45) is 0 Å². The summed E-state index contributed by atoms with van der Waals surface area (Å²) in [4.78, 5) is 12.9. The van der Waals surface area contributed by atoms with Crippen molar-refractivity contribution < 1.29 is 9.18 Å². The number of nitrogens with zero attached hydrogens (tertiary/aromatic N) is 2. The molecule has 1 N–H and O–H groups in total. The number of halogens is 1. The lowest BCUT2D eigenvalue weighted by molar-refractivity contribution is -0.119. The number of rotatable bonds is 4. The molecular weight excluding hydrogens is 289 g/mol. The number of thioether (sulfide) groups is 1. The van der Waals surface area contributed by atoms with Crippen LogP contribution in [0.3, 0.4) is 0 Å². The number of carbonyl (C=O) groups is 1. The molecule has 0 aliphatic carbocycles. The first kappa shape index (κ1) is 14.1. The molecule has 0 fully saturated rings. The molecule has 1 aromatic carbocycles. The van der Waals surface area contributed by atoms with E-state index in [9.17, 15) is 9.18 Å². The number of amides is 1. The van der Waals surface area contributed by atoms with Gasteiger partial charge in [-0.3, -0.25) is 9.48 Å². The van der Waals surface area contributed by atoms with Gasteiger partial charge >= 0.3 is 0 Å². The number of benzene rings is 1. The van der Waals surface area contributed by atoms with Crippen LogP contribution in [0, 0.1) is 5.82 Å². The lowest BCUT2D eigenvalue weighted by Gasteiger charge is -2.24. The Labute approximate surface area is 126 Å². The van der Waals surface area contributed by atoms with Crippen molar-refractivity contribution in [3.05, 3.63) is 48.0 Å². The highest BCUT2D eigenvalue weighted by atomic mass is 32.2. The topological polar surface area (TPSA) is 46.9 Å². The Morgan fingerprint density at radius 1 is 1.38 bits per heavy atom. The number of aromatic nitrogens is 2. The minimum Gasteiger partial charge on any atom is -0.352 e. The van der Waals surface area contributed by atoms with Gasteiger partial charge in [0.2, 0.25) is 5.91 Å². The first-order valence-electron chi connectivity index (χ1n) is 6.89. The third kappa shape index (κ3) is 3.64. The Morgan fingerprint density at radius 3 is 3.00 bits per heavy atom. The second-order valence-electron chi connectivity index (χ2n) is 5.05. The van der Waals surface area contributed by atoms with E-state index in [2.05, 4.69) is 10.4 Å². The third-order valence-corrected chi connectivity index (χ3v) is 4.51. The summed E-state index contributed by atoms with van der Waals surface area (Å²) in [7, 11) is 0. The molecule has 1 aromatic heterocycles. The molecule has 0 radical (unpaired) electrons. The Hall–Kier alpha value is -1.82. The van der Waals surface area contributed by atoms with Crippen molar-refractivity contribution in [3.63, 3.8) is 0 Å². The van der Waals surface area contributed by atoms with Crippen molar-refractivity contribution in [2.75, 3.05) is 5.75 Å². The molecule has 110 valence electrons. The van der Waals surface area contributed by atoms with Crippen LogP contribution in [-0.2, 0) is 17.8 Å². The van der Waals surface area contributed by atoms with Crippen LogP contribution in [0.25, 0.3) is 0 Å². The number of aryl methyl sites for hydroxylation is 1. The number of carbonyl (C=O) groups excluding carboxylic acids is 1. The average molecular weight is 305 g/mol. The highest BCUT2D eigenvalue weighted by Gasteiger charge is 2.20. The van der Waals surface area contributed by atoms with Crippen molar-refractivity contribution in [2.45, 2.75) is 30.3 Å². The maximum atomic E-state index is 12.8. The lowest BCUT2D eigenvalue weighted by Crippen LogP contribution is -2.41. The van der Waals surface area contributed by atoms with Crippen molar-refractivity contribution in [1.29, 1.82) is 0 Å². The van der Waals surface area contributed by atoms with Gasteiger partial charge in [0.05, 0.1) is 5.75 Å². The maximum Gasteiger partial charge on any atom is 0.230 e. The summed E-state index contributed by atoms with van der Waals surface area (Å²) in [5.74, 6) is 0.103. The fourth-order valence-corrected chi connectivity index (χ4v) is 3.15. The van der Waals surface area contributed by atoms with Gasteiger partial charge in [-0.2, -0.15) is 5.10 Å². The van der Waals surface area contributed by atoms with Gasteiger partial charge in [-0.25, -0.2) is 4.39 Å². The van der Waals surface area contributed by atoms with E-state index in [1.165, 1.54) is 23.9 Å². The summed E-state index contributed by atoms with van der Waals surface area (Å²) in [5.41, 5.74) is 1.16. The predicted octanol–water partition coefficient (Wildman–Crippen LogP) is 2.25. The molecule has 1 aliphatic heterocycles. The van der Waals surface area contributed by atoms with Gasteiger partial charge in [0, 0.05) is 35.8 Å². The van der Waals surface area contributed by atoms with Crippen LogP contribution >= 0.6 is 11.8 Å². The molecule has 2 aromatic rings. The van der Waals surface area contributed by atoms with Gasteiger partial charge in [0.25, 0.3) is 0 Å². The molecule has 4 nitrogen and oxygen atoms in total. The Balaban J connectivity index is 1.47. The number of fused-ring (bicyclic) bond motifs is 1. The molecule has 1 aliphatic rings. The molecule has 2 heterocycles. The molecular formula is C15H16FN3OS. The van der Waals surface area contributed by atoms with E-state index in [1.807, 2.05) is 10.7 Å². The zero-order valence-electron chi connectivity index (χ0n) is 11.5. The summed E-state index contributed by atoms with van der Waals surface area (Å²) in [6.45, 7) is 0.846. The zero-order chi connectivity index (χ0) is 14.7. The molecule has 1 amide bonds. The Kier molecular flexibility index (Phi) is 4.24. The Morgan fingerprint density at radius 2 is 2.19 bits per heavy atom. The van der Waals surface area contributed by atoms with Crippen LogP contribution in [0.15, 0.2) is 41.4 Å².